The minimum absolute atomic E-state index is 0.576. The van der Waals surface area contributed by atoms with Crippen LogP contribution in [-0.2, 0) is 21.7 Å². The Morgan fingerprint density at radius 1 is 0.900 bits per heavy atom. The van der Waals surface area contributed by atoms with Gasteiger partial charge in [-0.25, -0.2) is 0 Å². The number of benzene rings is 2. The van der Waals surface area contributed by atoms with Crippen molar-refractivity contribution in [3.63, 3.8) is 0 Å². The highest BCUT2D eigenvalue weighted by molar-refractivity contribution is 6.30. The number of rotatable bonds is 3. The highest BCUT2D eigenvalue weighted by Crippen LogP contribution is 2.36. The van der Waals surface area contributed by atoms with Crippen molar-refractivity contribution in [3.8, 4) is 0 Å². The summed E-state index contributed by atoms with van der Waals surface area (Å²) < 4.78 is 11.8. The van der Waals surface area contributed by atoms with Gasteiger partial charge in [0.05, 0.1) is 13.2 Å². The molecular formula is C16H14Cl2O2. The van der Waals surface area contributed by atoms with Crippen LogP contribution in [0.3, 0.4) is 0 Å². The Hall–Kier alpha value is -1.06. The zero-order valence-corrected chi connectivity index (χ0v) is 12.3. The van der Waals surface area contributed by atoms with E-state index in [1.807, 2.05) is 48.5 Å². The molecule has 1 saturated heterocycles. The van der Waals surface area contributed by atoms with E-state index in [0.717, 1.165) is 11.1 Å². The first-order chi connectivity index (χ1) is 9.68. The maximum Gasteiger partial charge on any atom is 0.199 e. The van der Waals surface area contributed by atoms with Gasteiger partial charge in [-0.15, -0.1) is 0 Å². The molecule has 2 aromatic rings. The van der Waals surface area contributed by atoms with Crippen molar-refractivity contribution in [2.24, 2.45) is 0 Å². The maximum absolute atomic E-state index is 6.08. The maximum atomic E-state index is 6.08. The van der Waals surface area contributed by atoms with Crippen LogP contribution in [0.2, 0.25) is 10.0 Å². The van der Waals surface area contributed by atoms with E-state index >= 15 is 0 Å². The third kappa shape index (κ3) is 2.84. The van der Waals surface area contributed by atoms with Crippen LogP contribution >= 0.6 is 23.2 Å². The van der Waals surface area contributed by atoms with Crippen LogP contribution in [0.4, 0.5) is 0 Å². The quantitative estimate of drug-likeness (QED) is 0.835. The molecule has 1 aliphatic heterocycles. The van der Waals surface area contributed by atoms with Gasteiger partial charge in [0.2, 0.25) is 0 Å². The summed E-state index contributed by atoms with van der Waals surface area (Å²) in [5.74, 6) is -0.768. The summed E-state index contributed by atoms with van der Waals surface area (Å²) in [4.78, 5) is 0. The fourth-order valence-corrected chi connectivity index (χ4v) is 2.87. The van der Waals surface area contributed by atoms with Gasteiger partial charge in [-0.2, -0.15) is 0 Å². The van der Waals surface area contributed by atoms with Gasteiger partial charge in [0.25, 0.3) is 0 Å². The predicted octanol–water partition coefficient (Wildman–Crippen LogP) is 4.44. The molecule has 0 unspecified atom stereocenters. The Morgan fingerprint density at radius 2 is 1.55 bits per heavy atom. The van der Waals surface area contributed by atoms with E-state index in [1.165, 1.54) is 0 Å². The third-order valence-corrected chi connectivity index (χ3v) is 3.81. The van der Waals surface area contributed by atoms with Crippen molar-refractivity contribution < 1.29 is 9.47 Å². The molecule has 0 aliphatic carbocycles. The summed E-state index contributed by atoms with van der Waals surface area (Å²) >= 11 is 12.1. The van der Waals surface area contributed by atoms with E-state index in [0.29, 0.717) is 29.7 Å². The average molecular weight is 309 g/mol. The standard InChI is InChI=1S/C16H14Cl2O2/c17-14-5-1-3-12(9-14)11-16(19-7-8-20-16)13-4-2-6-15(18)10-13/h1-6,9-10H,7-8,11H2. The van der Waals surface area contributed by atoms with Crippen molar-refractivity contribution in [1.82, 2.24) is 0 Å². The Kier molecular flexibility index (Phi) is 3.99. The van der Waals surface area contributed by atoms with E-state index in [9.17, 15) is 0 Å². The molecule has 0 amide bonds. The molecule has 1 heterocycles. The second-order valence-corrected chi connectivity index (χ2v) is 5.64. The molecule has 0 aromatic heterocycles. The lowest BCUT2D eigenvalue weighted by Gasteiger charge is -2.28. The lowest BCUT2D eigenvalue weighted by Crippen LogP contribution is -2.30. The molecule has 20 heavy (non-hydrogen) atoms. The molecule has 0 N–H and O–H groups in total. The monoisotopic (exact) mass is 308 g/mol. The lowest BCUT2D eigenvalue weighted by molar-refractivity contribution is -0.164. The summed E-state index contributed by atoms with van der Waals surface area (Å²) in [7, 11) is 0. The molecule has 4 heteroatoms. The van der Waals surface area contributed by atoms with Gasteiger partial charge >= 0.3 is 0 Å². The first-order valence-electron chi connectivity index (χ1n) is 6.46. The second kappa shape index (κ2) is 5.74. The first-order valence-corrected chi connectivity index (χ1v) is 7.22. The summed E-state index contributed by atoms with van der Waals surface area (Å²) in [6.07, 6.45) is 0.605. The van der Waals surface area contributed by atoms with Gasteiger partial charge in [0.15, 0.2) is 5.79 Å². The summed E-state index contributed by atoms with van der Waals surface area (Å²) in [5.41, 5.74) is 2.00. The molecule has 1 fully saturated rings. The minimum Gasteiger partial charge on any atom is -0.343 e. The molecular weight excluding hydrogens is 295 g/mol. The fourth-order valence-electron chi connectivity index (χ4n) is 2.47. The highest BCUT2D eigenvalue weighted by atomic mass is 35.5. The molecule has 3 rings (SSSR count). The van der Waals surface area contributed by atoms with E-state index < -0.39 is 5.79 Å². The van der Waals surface area contributed by atoms with Crippen molar-refractivity contribution in [1.29, 1.82) is 0 Å². The molecule has 1 aliphatic rings. The number of ether oxygens (including phenoxy) is 2. The second-order valence-electron chi connectivity index (χ2n) is 4.77. The number of hydrogen-bond acceptors (Lipinski definition) is 2. The molecule has 2 nitrogen and oxygen atoms in total. The molecule has 0 saturated carbocycles. The molecule has 0 bridgehead atoms. The van der Waals surface area contributed by atoms with E-state index in [2.05, 4.69) is 0 Å². The Labute approximate surface area is 128 Å². The highest BCUT2D eigenvalue weighted by Gasteiger charge is 2.38. The molecule has 104 valence electrons. The van der Waals surface area contributed by atoms with Gasteiger partial charge in [-0.05, 0) is 29.8 Å². The largest absolute Gasteiger partial charge is 0.343 e. The van der Waals surface area contributed by atoms with Crippen LogP contribution < -0.4 is 0 Å². The summed E-state index contributed by atoms with van der Waals surface area (Å²) in [6.45, 7) is 1.15. The van der Waals surface area contributed by atoms with E-state index in [1.54, 1.807) is 0 Å². The van der Waals surface area contributed by atoms with Crippen molar-refractivity contribution in [3.05, 3.63) is 69.7 Å². The Bertz CT molecular complexity index is 607. The fraction of sp³-hybridized carbons (Fsp3) is 0.250. The molecule has 0 spiro atoms. The number of hydrogen-bond donors (Lipinski definition) is 0. The summed E-state index contributed by atoms with van der Waals surface area (Å²) in [5, 5.41) is 1.38. The molecule has 0 radical (unpaired) electrons. The SMILES string of the molecule is Clc1cccc(CC2(c3cccc(Cl)c3)OCCO2)c1. The van der Waals surface area contributed by atoms with Crippen LogP contribution in [0.15, 0.2) is 48.5 Å². The summed E-state index contributed by atoms with van der Waals surface area (Å²) in [6, 6.07) is 15.3. The van der Waals surface area contributed by atoms with E-state index in [-0.39, 0.29) is 0 Å². The zero-order chi connectivity index (χ0) is 14.0. The van der Waals surface area contributed by atoms with Crippen LogP contribution in [-0.4, -0.2) is 13.2 Å². The molecule has 0 atom stereocenters. The van der Waals surface area contributed by atoms with Gasteiger partial charge in [0, 0.05) is 22.0 Å². The van der Waals surface area contributed by atoms with Crippen LogP contribution in [0, 0.1) is 0 Å². The van der Waals surface area contributed by atoms with Crippen molar-refractivity contribution in [2.75, 3.05) is 13.2 Å². The van der Waals surface area contributed by atoms with Crippen molar-refractivity contribution >= 4 is 23.2 Å². The van der Waals surface area contributed by atoms with Gasteiger partial charge in [0.1, 0.15) is 0 Å². The van der Waals surface area contributed by atoms with E-state index in [4.69, 9.17) is 32.7 Å². The predicted molar refractivity (Wildman–Crippen MR) is 80.2 cm³/mol. The van der Waals surface area contributed by atoms with Gasteiger partial charge in [-0.3, -0.25) is 0 Å². The van der Waals surface area contributed by atoms with Crippen LogP contribution in [0.1, 0.15) is 11.1 Å². The lowest BCUT2D eigenvalue weighted by atomic mass is 9.97. The normalized spacial score (nSPS) is 17.3. The van der Waals surface area contributed by atoms with Crippen LogP contribution in [0.5, 0.6) is 0 Å². The Morgan fingerprint density at radius 3 is 2.20 bits per heavy atom. The topological polar surface area (TPSA) is 18.5 Å². The minimum atomic E-state index is -0.768. The van der Waals surface area contributed by atoms with Gasteiger partial charge in [-0.1, -0.05) is 47.5 Å². The van der Waals surface area contributed by atoms with Gasteiger partial charge < -0.3 is 9.47 Å². The zero-order valence-electron chi connectivity index (χ0n) is 10.8. The third-order valence-electron chi connectivity index (χ3n) is 3.34. The van der Waals surface area contributed by atoms with Crippen molar-refractivity contribution in [2.45, 2.75) is 12.2 Å². The average Bonchev–Trinajstić information content (AvgIpc) is 2.88. The smallest absolute Gasteiger partial charge is 0.199 e. The molecule has 2 aromatic carbocycles. The Balaban J connectivity index is 1.96. The first kappa shape index (κ1) is 13.9. The number of halogens is 2. The van der Waals surface area contributed by atoms with Crippen LogP contribution in [0.25, 0.3) is 0 Å².